The number of nitrogens with one attached hydrogen (secondary N) is 1. The van der Waals surface area contributed by atoms with Crippen LogP contribution in [0, 0.1) is 0 Å². The zero-order chi connectivity index (χ0) is 15.1. The van der Waals surface area contributed by atoms with E-state index in [1.165, 1.54) is 0 Å². The van der Waals surface area contributed by atoms with Crippen LogP contribution in [0.5, 0.6) is 0 Å². The molecule has 9 heteroatoms. The van der Waals surface area contributed by atoms with Crippen molar-refractivity contribution in [1.82, 2.24) is 15.0 Å². The molecule has 1 aromatic rings. The Kier molecular flexibility index (Phi) is 5.94. The number of hydrogen-bond acceptors (Lipinski definition) is 7. The Morgan fingerprint density at radius 1 is 1.29 bits per heavy atom. The fourth-order valence-electron chi connectivity index (χ4n) is 1.95. The first kappa shape index (κ1) is 15.7. The maximum atomic E-state index is 10.6. The molecule has 116 valence electrons. The van der Waals surface area contributed by atoms with Crippen LogP contribution in [0.1, 0.15) is 19.3 Å². The molecule has 1 fully saturated rings. The molecule has 0 radical (unpaired) electrons. The first-order chi connectivity index (χ1) is 10.1. The maximum Gasteiger partial charge on any atom is 0.231 e. The van der Waals surface area contributed by atoms with Gasteiger partial charge in [-0.15, -0.1) is 0 Å². The average Bonchev–Trinajstić information content (AvgIpc) is 2.47. The number of unbranched alkanes of at least 4 members (excludes halogenated alkanes) is 1. The van der Waals surface area contributed by atoms with E-state index in [9.17, 15) is 4.79 Å². The van der Waals surface area contributed by atoms with Crippen LogP contribution in [0.4, 0.5) is 11.9 Å². The van der Waals surface area contributed by atoms with E-state index >= 15 is 0 Å². The second-order valence-electron chi connectivity index (χ2n) is 4.68. The fraction of sp³-hybridized carbons (Fsp3) is 0.667. The number of nitrogens with zero attached hydrogens (tertiary/aromatic N) is 4. The van der Waals surface area contributed by atoms with Crippen LogP contribution in [-0.4, -0.2) is 53.7 Å². The minimum absolute atomic E-state index is 0.158. The Bertz CT molecular complexity index is 481. The molecule has 3 N–H and O–H groups in total. The van der Waals surface area contributed by atoms with E-state index in [1.807, 2.05) is 4.90 Å². The SMILES string of the molecule is NC(=O)CCCCNc1nc(Cl)nc(N2CCOCC2)n1. The summed E-state index contributed by atoms with van der Waals surface area (Å²) in [5.41, 5.74) is 5.08. The van der Waals surface area contributed by atoms with E-state index < -0.39 is 0 Å². The minimum atomic E-state index is -0.284. The topological polar surface area (TPSA) is 106 Å². The summed E-state index contributed by atoms with van der Waals surface area (Å²) in [6.45, 7) is 3.42. The number of carbonyl (C=O) groups excluding carboxylic acids is 1. The Hall–Kier alpha value is -1.67. The number of anilines is 2. The molecule has 8 nitrogen and oxygen atoms in total. The maximum absolute atomic E-state index is 10.6. The number of hydrogen-bond donors (Lipinski definition) is 2. The predicted octanol–water partition coefficient (Wildman–Crippen LogP) is 0.429. The van der Waals surface area contributed by atoms with Gasteiger partial charge in [-0.25, -0.2) is 0 Å². The molecule has 1 aliphatic heterocycles. The van der Waals surface area contributed by atoms with Gasteiger partial charge in [0.1, 0.15) is 0 Å². The van der Waals surface area contributed by atoms with Crippen molar-refractivity contribution < 1.29 is 9.53 Å². The summed E-state index contributed by atoms with van der Waals surface area (Å²) in [6.07, 6.45) is 1.93. The molecule has 0 atom stereocenters. The molecule has 0 saturated carbocycles. The molecule has 1 aliphatic rings. The zero-order valence-corrected chi connectivity index (χ0v) is 12.5. The van der Waals surface area contributed by atoms with E-state index in [2.05, 4.69) is 20.3 Å². The molecule has 21 heavy (non-hydrogen) atoms. The Morgan fingerprint density at radius 3 is 2.76 bits per heavy atom. The van der Waals surface area contributed by atoms with Crippen molar-refractivity contribution in [2.45, 2.75) is 19.3 Å². The van der Waals surface area contributed by atoms with Crippen molar-refractivity contribution in [2.24, 2.45) is 5.73 Å². The smallest absolute Gasteiger partial charge is 0.231 e. The molecule has 0 bridgehead atoms. The third-order valence-electron chi connectivity index (χ3n) is 3.02. The number of aromatic nitrogens is 3. The van der Waals surface area contributed by atoms with Crippen LogP contribution in [0.3, 0.4) is 0 Å². The third kappa shape index (κ3) is 5.31. The molecule has 2 heterocycles. The Balaban J connectivity index is 1.87. The molecule has 0 aromatic carbocycles. The number of ether oxygens (including phenoxy) is 1. The molecule has 0 spiro atoms. The van der Waals surface area contributed by atoms with Crippen LogP contribution in [0.2, 0.25) is 5.28 Å². The molecule has 1 saturated heterocycles. The van der Waals surface area contributed by atoms with Crippen LogP contribution in [0.25, 0.3) is 0 Å². The van der Waals surface area contributed by atoms with Gasteiger partial charge in [0.15, 0.2) is 0 Å². The zero-order valence-electron chi connectivity index (χ0n) is 11.7. The number of carbonyl (C=O) groups is 1. The van der Waals surface area contributed by atoms with Crippen molar-refractivity contribution in [1.29, 1.82) is 0 Å². The van der Waals surface area contributed by atoms with Crippen molar-refractivity contribution in [3.05, 3.63) is 5.28 Å². The molecule has 1 aromatic heterocycles. The quantitative estimate of drug-likeness (QED) is 0.703. The van der Waals surface area contributed by atoms with Gasteiger partial charge in [-0.2, -0.15) is 15.0 Å². The number of halogens is 1. The first-order valence-electron chi connectivity index (χ1n) is 6.91. The number of nitrogens with two attached hydrogens (primary N) is 1. The molecular formula is C12H19ClN6O2. The Labute approximate surface area is 128 Å². The first-order valence-corrected chi connectivity index (χ1v) is 7.29. The van der Waals surface area contributed by atoms with Gasteiger partial charge < -0.3 is 20.7 Å². The second kappa shape index (κ2) is 7.94. The molecular weight excluding hydrogens is 296 g/mol. The van der Waals surface area contributed by atoms with Gasteiger partial charge in [-0.05, 0) is 24.4 Å². The number of rotatable bonds is 7. The number of primary amides is 1. The lowest BCUT2D eigenvalue weighted by Crippen LogP contribution is -2.37. The van der Waals surface area contributed by atoms with Crippen LogP contribution in [-0.2, 0) is 9.53 Å². The monoisotopic (exact) mass is 314 g/mol. The predicted molar refractivity (Wildman–Crippen MR) is 79.4 cm³/mol. The third-order valence-corrected chi connectivity index (χ3v) is 3.19. The van der Waals surface area contributed by atoms with Gasteiger partial charge in [0.25, 0.3) is 0 Å². The van der Waals surface area contributed by atoms with Crippen molar-refractivity contribution in [3.8, 4) is 0 Å². The van der Waals surface area contributed by atoms with Gasteiger partial charge >= 0.3 is 0 Å². The standard InChI is InChI=1S/C12H19ClN6O2/c13-10-16-11(15-4-2-1-3-9(14)20)18-12(17-10)19-5-7-21-8-6-19/h1-8H2,(H2,14,20)(H,15,16,17,18). The van der Waals surface area contributed by atoms with Gasteiger partial charge in [0.2, 0.25) is 23.1 Å². The van der Waals surface area contributed by atoms with Gasteiger partial charge in [0.05, 0.1) is 13.2 Å². The second-order valence-corrected chi connectivity index (χ2v) is 5.02. The highest BCUT2D eigenvalue weighted by Crippen LogP contribution is 2.15. The molecule has 0 unspecified atom stereocenters. The van der Waals surface area contributed by atoms with Crippen LogP contribution < -0.4 is 16.0 Å². The van der Waals surface area contributed by atoms with Gasteiger partial charge in [-0.1, -0.05) is 0 Å². The van der Waals surface area contributed by atoms with Gasteiger partial charge in [0, 0.05) is 26.1 Å². The average molecular weight is 315 g/mol. The summed E-state index contributed by atoms with van der Waals surface area (Å²) in [5, 5.41) is 3.24. The highest BCUT2D eigenvalue weighted by molar-refractivity contribution is 6.28. The van der Waals surface area contributed by atoms with Gasteiger partial charge in [-0.3, -0.25) is 4.79 Å². The molecule has 1 amide bonds. The lowest BCUT2D eigenvalue weighted by Gasteiger charge is -2.26. The van der Waals surface area contributed by atoms with Crippen molar-refractivity contribution in [2.75, 3.05) is 43.1 Å². The largest absolute Gasteiger partial charge is 0.378 e. The minimum Gasteiger partial charge on any atom is -0.378 e. The summed E-state index contributed by atoms with van der Waals surface area (Å²) in [5.74, 6) is 0.710. The summed E-state index contributed by atoms with van der Waals surface area (Å²) in [6, 6.07) is 0. The summed E-state index contributed by atoms with van der Waals surface area (Å²) in [4.78, 5) is 25.2. The number of amides is 1. The highest BCUT2D eigenvalue weighted by atomic mass is 35.5. The van der Waals surface area contributed by atoms with E-state index in [4.69, 9.17) is 22.1 Å². The van der Waals surface area contributed by atoms with Crippen molar-refractivity contribution in [3.63, 3.8) is 0 Å². The van der Waals surface area contributed by atoms with Crippen LogP contribution in [0.15, 0.2) is 0 Å². The van der Waals surface area contributed by atoms with E-state index in [-0.39, 0.29) is 11.2 Å². The van der Waals surface area contributed by atoms with E-state index in [1.54, 1.807) is 0 Å². The fourth-order valence-corrected chi connectivity index (χ4v) is 2.10. The van der Waals surface area contributed by atoms with Crippen LogP contribution >= 0.6 is 11.6 Å². The highest BCUT2D eigenvalue weighted by Gasteiger charge is 2.15. The van der Waals surface area contributed by atoms with Crippen molar-refractivity contribution >= 4 is 29.4 Å². The lowest BCUT2D eigenvalue weighted by atomic mass is 10.2. The summed E-state index contributed by atoms with van der Waals surface area (Å²) in [7, 11) is 0. The molecule has 0 aliphatic carbocycles. The van der Waals surface area contributed by atoms with E-state index in [0.717, 1.165) is 25.9 Å². The Morgan fingerprint density at radius 2 is 2.05 bits per heavy atom. The number of morpholine rings is 1. The lowest BCUT2D eigenvalue weighted by molar-refractivity contribution is -0.118. The molecule has 2 rings (SSSR count). The summed E-state index contributed by atoms with van der Waals surface area (Å²) >= 11 is 5.93. The normalized spacial score (nSPS) is 15.0. The summed E-state index contributed by atoms with van der Waals surface area (Å²) < 4.78 is 5.29. The van der Waals surface area contributed by atoms with E-state index in [0.29, 0.717) is 38.1 Å².